The number of carboxylic acids is 2. The number of rotatable bonds is 19. The highest BCUT2D eigenvalue weighted by molar-refractivity contribution is 5.75. The van der Waals surface area contributed by atoms with Crippen molar-refractivity contribution in [1.29, 1.82) is 0 Å². The van der Waals surface area contributed by atoms with Crippen LogP contribution < -0.4 is 0 Å². The average Bonchev–Trinajstić information content (AvgIpc) is 0.826. The van der Waals surface area contributed by atoms with Crippen LogP contribution in [0.4, 0.5) is 4.79 Å². The minimum atomic E-state index is -2.52. The SMILES string of the molecule is CCC1C[C@@H](O[C@@H]2C(CO)O[C@@H](O[C@@H]3C(CO)C[C@@H](O[C@@H]4C(CO)O[C@@H](O)C(O)C4O)C(O)[C@H]3O[C@H]3OC(COC(=O)O)[C@@H](O)[C@H](O)C3[C@@H]3OC(C(=O)O)[C@@H](O[C@@H]4OC5COC(C)(C(=O)O)O[C@H]5[C@H](O)C4O)[C@H](O)C3O)C(O)C2O)C(O)[C@@H](O)[C@@H]1O. The fourth-order valence-electron chi connectivity index (χ4n) is 12.4. The molecular formula is C49H78O37. The van der Waals surface area contributed by atoms with Gasteiger partial charge in [-0.3, -0.25) is 0 Å². The summed E-state index contributed by atoms with van der Waals surface area (Å²) in [5.41, 5.74) is 0. The molecule has 0 spiro atoms. The summed E-state index contributed by atoms with van der Waals surface area (Å²) in [5.74, 6) is -10.3. The Balaban J connectivity index is 1.12. The summed E-state index contributed by atoms with van der Waals surface area (Å²) < 4.78 is 74.1. The van der Waals surface area contributed by atoms with E-state index in [0.29, 0.717) is 6.42 Å². The van der Waals surface area contributed by atoms with Gasteiger partial charge in [-0.2, -0.15) is 0 Å². The smallest absolute Gasteiger partial charge is 0.479 e. The predicted octanol–water partition coefficient (Wildman–Crippen LogP) is -11.6. The number of aliphatic hydroxyl groups excluding tert-OH is 18. The molecule has 6 aliphatic heterocycles. The Bertz CT molecular complexity index is 2230. The minimum absolute atomic E-state index is 0.0845. The van der Waals surface area contributed by atoms with Crippen molar-refractivity contribution < 1.29 is 183 Å². The molecule has 0 amide bonds. The van der Waals surface area contributed by atoms with E-state index in [1.54, 1.807) is 6.92 Å². The molecule has 0 aromatic rings. The van der Waals surface area contributed by atoms with Crippen LogP contribution in [-0.2, 0) is 71.2 Å². The molecule has 0 aromatic carbocycles. The van der Waals surface area contributed by atoms with Crippen LogP contribution >= 0.6 is 0 Å². The third kappa shape index (κ3) is 13.6. The number of aliphatic carboxylic acids is 2. The molecule has 8 rings (SSSR count). The molecule has 37 heteroatoms. The molecule has 8 aliphatic rings. The van der Waals surface area contributed by atoms with Gasteiger partial charge in [0.2, 0.25) is 0 Å². The maximum atomic E-state index is 13.1. The Labute approximate surface area is 486 Å². The summed E-state index contributed by atoms with van der Waals surface area (Å²) in [6.45, 7) is -2.10. The first-order valence-electron chi connectivity index (χ1n) is 27.7. The van der Waals surface area contributed by atoms with E-state index in [4.69, 9.17) is 56.8 Å². The number of carbonyl (C=O) groups is 3. The van der Waals surface area contributed by atoms with Crippen molar-refractivity contribution in [2.24, 2.45) is 17.8 Å². The summed E-state index contributed by atoms with van der Waals surface area (Å²) in [6, 6.07) is 0. The van der Waals surface area contributed by atoms with Crippen molar-refractivity contribution in [2.75, 3.05) is 33.0 Å². The van der Waals surface area contributed by atoms with Gasteiger partial charge in [0.1, 0.15) is 135 Å². The van der Waals surface area contributed by atoms with Crippen molar-refractivity contribution in [1.82, 2.24) is 0 Å². The summed E-state index contributed by atoms with van der Waals surface area (Å²) in [5, 5.41) is 230. The molecule has 8 fully saturated rings. The minimum Gasteiger partial charge on any atom is -0.479 e. The van der Waals surface area contributed by atoms with E-state index in [1.807, 2.05) is 0 Å². The van der Waals surface area contributed by atoms with Crippen molar-refractivity contribution in [2.45, 2.75) is 235 Å². The molecule has 36 atom stereocenters. The number of carboxylic acid groups (broad SMARTS) is 3. The number of aliphatic hydroxyl groups is 18. The molecule has 496 valence electrons. The first-order valence-corrected chi connectivity index (χ1v) is 27.7. The van der Waals surface area contributed by atoms with Gasteiger partial charge in [-0.1, -0.05) is 13.3 Å². The monoisotopic (exact) mass is 1260 g/mol. The van der Waals surface area contributed by atoms with Gasteiger partial charge in [0.15, 0.2) is 31.3 Å². The van der Waals surface area contributed by atoms with E-state index in [9.17, 15) is 122 Å². The molecule has 21 N–H and O–H groups in total. The number of ether oxygens (including phenoxy) is 13. The van der Waals surface area contributed by atoms with Gasteiger partial charge in [0.25, 0.3) is 5.79 Å². The van der Waals surface area contributed by atoms with E-state index < -0.39 is 277 Å². The average molecular weight is 1260 g/mol. The van der Waals surface area contributed by atoms with E-state index in [1.165, 1.54) is 0 Å². The van der Waals surface area contributed by atoms with Gasteiger partial charge < -0.3 is 169 Å². The Kier molecular flexibility index (Phi) is 22.6. The fraction of sp³-hybridized carbons (Fsp3) is 0.939. The molecule has 37 nitrogen and oxygen atoms in total. The van der Waals surface area contributed by atoms with Crippen molar-refractivity contribution in [3.05, 3.63) is 0 Å². The van der Waals surface area contributed by atoms with Gasteiger partial charge in [0, 0.05) is 19.4 Å². The zero-order chi connectivity index (χ0) is 63.3. The third-order valence-corrected chi connectivity index (χ3v) is 17.4. The second-order valence-electron chi connectivity index (χ2n) is 22.7. The third-order valence-electron chi connectivity index (χ3n) is 17.4. The molecular weight excluding hydrogens is 1180 g/mol. The molecule has 6 heterocycles. The topological polar surface area (TPSA) is 596 Å². The number of hydrogen-bond donors (Lipinski definition) is 21. The van der Waals surface area contributed by atoms with Crippen LogP contribution in [0.3, 0.4) is 0 Å². The van der Waals surface area contributed by atoms with E-state index in [2.05, 4.69) is 4.74 Å². The van der Waals surface area contributed by atoms with Crippen LogP contribution in [-0.4, -0.2) is 360 Å². The van der Waals surface area contributed by atoms with Gasteiger partial charge in [-0.05, 0) is 18.8 Å². The molecule has 0 bridgehead atoms. The Morgan fingerprint density at radius 1 is 0.477 bits per heavy atom. The maximum Gasteiger partial charge on any atom is 0.505 e. The van der Waals surface area contributed by atoms with Gasteiger partial charge in [-0.25, -0.2) is 14.4 Å². The lowest BCUT2D eigenvalue weighted by Crippen LogP contribution is -2.71. The van der Waals surface area contributed by atoms with E-state index in [0.717, 1.165) is 6.92 Å². The maximum absolute atomic E-state index is 13.1. The normalized spacial score (nSPS) is 51.9. The van der Waals surface area contributed by atoms with Crippen LogP contribution in [0.15, 0.2) is 0 Å². The second-order valence-corrected chi connectivity index (χ2v) is 22.7. The lowest BCUT2D eigenvalue weighted by Gasteiger charge is -2.53. The van der Waals surface area contributed by atoms with Crippen LogP contribution in [0.5, 0.6) is 0 Å². The van der Waals surface area contributed by atoms with Gasteiger partial charge in [-0.15, -0.1) is 0 Å². The highest BCUT2D eigenvalue weighted by Gasteiger charge is 2.63. The summed E-state index contributed by atoms with van der Waals surface area (Å²) in [7, 11) is 0. The molecule has 17 unspecified atom stereocenters. The zero-order valence-corrected chi connectivity index (χ0v) is 45.8. The lowest BCUT2D eigenvalue weighted by atomic mass is 9.78. The summed E-state index contributed by atoms with van der Waals surface area (Å²) in [6.07, 6.45) is -67.3. The molecule has 86 heavy (non-hydrogen) atoms. The largest absolute Gasteiger partial charge is 0.505 e. The van der Waals surface area contributed by atoms with Crippen LogP contribution in [0, 0.1) is 17.8 Å². The van der Waals surface area contributed by atoms with Crippen molar-refractivity contribution in [3.63, 3.8) is 0 Å². The van der Waals surface area contributed by atoms with Crippen molar-refractivity contribution >= 4 is 18.1 Å². The summed E-state index contributed by atoms with van der Waals surface area (Å²) in [4.78, 5) is 36.6. The predicted molar refractivity (Wildman–Crippen MR) is 261 cm³/mol. The van der Waals surface area contributed by atoms with E-state index >= 15 is 0 Å². The van der Waals surface area contributed by atoms with Crippen LogP contribution in [0.2, 0.25) is 0 Å². The van der Waals surface area contributed by atoms with E-state index in [-0.39, 0.29) is 6.42 Å². The fourth-order valence-corrected chi connectivity index (χ4v) is 12.4. The Morgan fingerprint density at radius 3 is 1.60 bits per heavy atom. The molecule has 0 aromatic heterocycles. The highest BCUT2D eigenvalue weighted by atomic mass is 16.8. The second kappa shape index (κ2) is 28.3. The molecule has 2 aliphatic carbocycles. The summed E-state index contributed by atoms with van der Waals surface area (Å²) >= 11 is 0. The van der Waals surface area contributed by atoms with Crippen molar-refractivity contribution in [3.8, 4) is 0 Å². The first kappa shape index (κ1) is 68.9. The number of fused-ring (bicyclic) bond motifs is 1. The van der Waals surface area contributed by atoms with Crippen LogP contribution in [0.1, 0.15) is 33.1 Å². The number of hydrogen-bond acceptors (Lipinski definition) is 34. The Hall–Kier alpha value is -2.99. The zero-order valence-electron chi connectivity index (χ0n) is 45.8. The highest BCUT2D eigenvalue weighted by Crippen LogP contribution is 2.44. The quantitative estimate of drug-likeness (QED) is 0.0534. The first-order chi connectivity index (χ1) is 40.5. The Morgan fingerprint density at radius 2 is 1.01 bits per heavy atom. The van der Waals surface area contributed by atoms with Crippen LogP contribution in [0.25, 0.3) is 0 Å². The van der Waals surface area contributed by atoms with Gasteiger partial charge >= 0.3 is 18.1 Å². The lowest BCUT2D eigenvalue weighted by molar-refractivity contribution is -0.394. The standard InChI is InChI=1S/C49H78O37/c1-3-11-4-13(21(54)25(58)20(11)53)76-36-16(8-52)79-45(32(65)29(36)62)83-34-12(6-50)5-14(77-35-15(7-51)78-43(69)31(64)28(35)61)23(56)39(34)84-44-19(24(57)22(55)17(80-44)9-74-48(72)73)38-26(59)27(60)40(41(82-38)42(67)68)85-46-33(66)30(63)37-18(81-46)10-75-49(2,86-37)47(70)71/h11-41,43-46,50-66,69H,3-10H2,1-2H3,(H,67,68)(H,70,71)(H,72,73)/t11?,12?,13-,14-,15?,16?,17?,18?,19?,20-,21?,22-,23?,24-,25+,26?,27-,28?,29?,30-,31?,32?,33?,34-,35-,36-,37-,38+,39-,40+,41?,43-,44-,45+,46+,49?/m1/s1. The van der Waals surface area contributed by atoms with Gasteiger partial charge in [0.05, 0.1) is 62.4 Å². The molecule has 0 radical (unpaired) electrons. The molecule has 2 saturated carbocycles. The molecule has 6 saturated heterocycles.